The van der Waals surface area contributed by atoms with E-state index in [0.29, 0.717) is 30.8 Å². The van der Waals surface area contributed by atoms with Crippen molar-refractivity contribution in [3.8, 4) is 0 Å². The Labute approximate surface area is 101 Å². The first-order chi connectivity index (χ1) is 7.15. The molecule has 16 heavy (non-hydrogen) atoms. The lowest BCUT2D eigenvalue weighted by Crippen LogP contribution is -2.31. The molecule has 0 fully saturated rings. The highest BCUT2D eigenvalue weighted by Crippen LogP contribution is 2.26. The predicted octanol–water partition coefficient (Wildman–Crippen LogP) is 3.48. The molecule has 0 saturated carbocycles. The molecule has 0 aromatic carbocycles. The topological polar surface area (TPSA) is 29.5 Å². The second kappa shape index (κ2) is 6.61. The average molecular weight is 230 g/mol. The first-order valence-corrected chi connectivity index (χ1v) is 6.49. The van der Waals surface area contributed by atoms with E-state index in [-0.39, 0.29) is 6.10 Å². The lowest BCUT2D eigenvalue weighted by atomic mass is 9.82. The van der Waals surface area contributed by atoms with Crippen molar-refractivity contribution < 1.29 is 9.84 Å². The molecule has 0 rings (SSSR count). The second-order valence-electron chi connectivity index (χ2n) is 6.20. The van der Waals surface area contributed by atoms with Gasteiger partial charge in [0.1, 0.15) is 0 Å². The number of rotatable bonds is 7. The van der Waals surface area contributed by atoms with Gasteiger partial charge in [0, 0.05) is 6.61 Å². The average Bonchev–Trinajstić information content (AvgIpc) is 1.99. The third-order valence-corrected chi connectivity index (χ3v) is 3.18. The van der Waals surface area contributed by atoms with Crippen molar-refractivity contribution in [3.63, 3.8) is 0 Å². The summed E-state index contributed by atoms with van der Waals surface area (Å²) in [4.78, 5) is 0. The van der Waals surface area contributed by atoms with Crippen LogP contribution in [0.3, 0.4) is 0 Å². The summed E-state index contributed by atoms with van der Waals surface area (Å²) in [7, 11) is 0. The summed E-state index contributed by atoms with van der Waals surface area (Å²) in [6, 6.07) is 0. The van der Waals surface area contributed by atoms with Crippen LogP contribution in [0.25, 0.3) is 0 Å². The van der Waals surface area contributed by atoms with E-state index >= 15 is 0 Å². The smallest absolute Gasteiger partial charge is 0.0613 e. The van der Waals surface area contributed by atoms with Crippen molar-refractivity contribution in [1.29, 1.82) is 0 Å². The van der Waals surface area contributed by atoms with Crippen molar-refractivity contribution in [3.05, 3.63) is 0 Å². The zero-order valence-corrected chi connectivity index (χ0v) is 12.1. The van der Waals surface area contributed by atoms with Crippen LogP contribution in [-0.2, 0) is 4.74 Å². The fourth-order valence-electron chi connectivity index (χ4n) is 2.46. The zero-order valence-electron chi connectivity index (χ0n) is 12.1. The van der Waals surface area contributed by atoms with E-state index in [0.717, 1.165) is 0 Å². The van der Waals surface area contributed by atoms with Crippen LogP contribution < -0.4 is 0 Å². The summed E-state index contributed by atoms with van der Waals surface area (Å²) in [5, 5.41) is 9.61. The Morgan fingerprint density at radius 3 is 1.75 bits per heavy atom. The molecule has 0 saturated heterocycles. The first-order valence-electron chi connectivity index (χ1n) is 6.49. The molecule has 2 heteroatoms. The molecule has 0 radical (unpaired) electrons. The fourth-order valence-corrected chi connectivity index (χ4v) is 2.46. The van der Waals surface area contributed by atoms with Crippen LogP contribution in [0.5, 0.6) is 0 Å². The molecule has 1 unspecified atom stereocenters. The maximum Gasteiger partial charge on any atom is 0.0613 e. The highest BCUT2D eigenvalue weighted by molar-refractivity contribution is 4.73. The van der Waals surface area contributed by atoms with Crippen LogP contribution in [0, 0.1) is 17.8 Å². The van der Waals surface area contributed by atoms with E-state index < -0.39 is 5.60 Å². The second-order valence-corrected chi connectivity index (χ2v) is 6.20. The van der Waals surface area contributed by atoms with Crippen molar-refractivity contribution >= 4 is 0 Å². The van der Waals surface area contributed by atoms with Gasteiger partial charge in [-0.2, -0.15) is 0 Å². The molecule has 1 atom stereocenters. The molecule has 0 bridgehead atoms. The standard InChI is InChI=1S/C14H30O2/c1-10(2)13(11(3)4)12(5)16-9-8-14(6,7)15/h10-13,15H,8-9H2,1-7H3. The van der Waals surface area contributed by atoms with E-state index in [4.69, 9.17) is 4.74 Å². The van der Waals surface area contributed by atoms with Gasteiger partial charge < -0.3 is 9.84 Å². The third kappa shape index (κ3) is 6.49. The molecule has 0 spiro atoms. The normalized spacial score (nSPS) is 15.2. The summed E-state index contributed by atoms with van der Waals surface area (Å²) < 4.78 is 5.84. The lowest BCUT2D eigenvalue weighted by Gasteiger charge is -2.31. The minimum atomic E-state index is -0.620. The Hall–Kier alpha value is -0.0800. The minimum Gasteiger partial charge on any atom is -0.390 e. The van der Waals surface area contributed by atoms with Gasteiger partial charge in [0.15, 0.2) is 0 Å². The van der Waals surface area contributed by atoms with Crippen LogP contribution >= 0.6 is 0 Å². The van der Waals surface area contributed by atoms with Crippen LogP contribution in [-0.4, -0.2) is 23.4 Å². The largest absolute Gasteiger partial charge is 0.390 e. The van der Waals surface area contributed by atoms with E-state index in [1.165, 1.54) is 0 Å². The van der Waals surface area contributed by atoms with E-state index in [1.54, 1.807) is 0 Å². The SMILES string of the molecule is CC(C)C(C(C)C)C(C)OCCC(C)(C)O. The summed E-state index contributed by atoms with van der Waals surface area (Å²) in [5.74, 6) is 1.86. The van der Waals surface area contributed by atoms with Gasteiger partial charge in [0.05, 0.1) is 11.7 Å². The Balaban J connectivity index is 4.07. The van der Waals surface area contributed by atoms with Crippen molar-refractivity contribution in [1.82, 2.24) is 0 Å². The monoisotopic (exact) mass is 230 g/mol. The van der Waals surface area contributed by atoms with Crippen LogP contribution in [0.4, 0.5) is 0 Å². The molecular formula is C14H30O2. The zero-order chi connectivity index (χ0) is 12.9. The van der Waals surface area contributed by atoms with Gasteiger partial charge in [-0.3, -0.25) is 0 Å². The highest BCUT2D eigenvalue weighted by atomic mass is 16.5. The molecule has 0 aromatic rings. The molecule has 0 amide bonds. The van der Waals surface area contributed by atoms with Gasteiger partial charge in [-0.25, -0.2) is 0 Å². The fraction of sp³-hybridized carbons (Fsp3) is 1.00. The Morgan fingerprint density at radius 1 is 1.00 bits per heavy atom. The van der Waals surface area contributed by atoms with Gasteiger partial charge in [-0.1, -0.05) is 27.7 Å². The number of hydrogen-bond acceptors (Lipinski definition) is 2. The first kappa shape index (κ1) is 15.9. The lowest BCUT2D eigenvalue weighted by molar-refractivity contribution is -0.0346. The summed E-state index contributed by atoms with van der Waals surface area (Å²) in [6.07, 6.45) is 0.961. The summed E-state index contributed by atoms with van der Waals surface area (Å²) in [6.45, 7) is 15.4. The number of hydrogen-bond donors (Lipinski definition) is 1. The maximum absolute atomic E-state index is 9.61. The maximum atomic E-state index is 9.61. The molecule has 0 aliphatic carbocycles. The third-order valence-electron chi connectivity index (χ3n) is 3.18. The molecule has 98 valence electrons. The molecule has 0 aliphatic rings. The van der Waals surface area contributed by atoms with Gasteiger partial charge >= 0.3 is 0 Å². The number of aliphatic hydroxyl groups is 1. The summed E-state index contributed by atoms with van der Waals surface area (Å²) in [5.41, 5.74) is -0.620. The van der Waals surface area contributed by atoms with E-state index in [1.807, 2.05) is 13.8 Å². The molecule has 2 nitrogen and oxygen atoms in total. The van der Waals surface area contributed by atoms with Gasteiger partial charge in [-0.05, 0) is 44.9 Å². The van der Waals surface area contributed by atoms with Crippen molar-refractivity contribution in [2.24, 2.45) is 17.8 Å². The highest BCUT2D eigenvalue weighted by Gasteiger charge is 2.25. The van der Waals surface area contributed by atoms with Crippen molar-refractivity contribution in [2.45, 2.75) is 66.6 Å². The number of ether oxygens (including phenoxy) is 1. The van der Waals surface area contributed by atoms with Gasteiger partial charge in [0.25, 0.3) is 0 Å². The van der Waals surface area contributed by atoms with Crippen LogP contribution in [0.1, 0.15) is 54.9 Å². The van der Waals surface area contributed by atoms with Crippen LogP contribution in [0.2, 0.25) is 0 Å². The van der Waals surface area contributed by atoms with Gasteiger partial charge in [-0.15, -0.1) is 0 Å². The quantitative estimate of drug-likeness (QED) is 0.725. The molecule has 0 aromatic heterocycles. The molecule has 0 heterocycles. The molecule has 0 aliphatic heterocycles. The Kier molecular flexibility index (Phi) is 6.57. The minimum absolute atomic E-state index is 0.266. The van der Waals surface area contributed by atoms with E-state index in [2.05, 4.69) is 34.6 Å². The summed E-state index contributed by atoms with van der Waals surface area (Å²) >= 11 is 0. The van der Waals surface area contributed by atoms with Gasteiger partial charge in [0.2, 0.25) is 0 Å². The van der Waals surface area contributed by atoms with E-state index in [9.17, 15) is 5.11 Å². The molecule has 1 N–H and O–H groups in total. The molecular weight excluding hydrogens is 200 g/mol. The Bertz CT molecular complexity index is 172. The predicted molar refractivity (Wildman–Crippen MR) is 69.5 cm³/mol. The Morgan fingerprint density at radius 2 is 1.44 bits per heavy atom. The van der Waals surface area contributed by atoms with Crippen molar-refractivity contribution in [2.75, 3.05) is 6.61 Å². The van der Waals surface area contributed by atoms with Crippen LogP contribution in [0.15, 0.2) is 0 Å².